The third-order valence-corrected chi connectivity index (χ3v) is 4.52. The topological polar surface area (TPSA) is 88.8 Å². The van der Waals surface area contributed by atoms with Crippen LogP contribution in [-0.2, 0) is 14.3 Å². The number of hydrogen-bond acceptors (Lipinski definition) is 6. The van der Waals surface area contributed by atoms with Gasteiger partial charge in [-0.3, -0.25) is 0 Å². The van der Waals surface area contributed by atoms with Crippen molar-refractivity contribution >= 4 is 11.7 Å². The molecule has 0 saturated carbocycles. The fourth-order valence-corrected chi connectivity index (χ4v) is 3.24. The van der Waals surface area contributed by atoms with Crippen molar-refractivity contribution in [2.75, 3.05) is 14.2 Å². The molecule has 1 aliphatic rings. The van der Waals surface area contributed by atoms with Crippen molar-refractivity contribution < 1.29 is 24.1 Å². The van der Waals surface area contributed by atoms with E-state index in [1.807, 2.05) is 18.2 Å². The summed E-state index contributed by atoms with van der Waals surface area (Å²) in [5, 5.41) is 20.8. The van der Waals surface area contributed by atoms with E-state index in [-0.39, 0.29) is 12.2 Å². The average molecular weight is 365 g/mol. The zero-order valence-corrected chi connectivity index (χ0v) is 15.0. The molecule has 0 aliphatic carbocycles. The second-order valence-corrected chi connectivity index (χ2v) is 6.10. The largest absolute Gasteiger partial charge is 0.496 e. The van der Waals surface area contributed by atoms with E-state index in [0.717, 1.165) is 0 Å². The first-order valence-corrected chi connectivity index (χ1v) is 8.36. The predicted octanol–water partition coefficient (Wildman–Crippen LogP) is 3.00. The van der Waals surface area contributed by atoms with Crippen molar-refractivity contribution in [1.82, 2.24) is 0 Å². The second kappa shape index (κ2) is 7.52. The van der Waals surface area contributed by atoms with Crippen LogP contribution >= 0.6 is 0 Å². The Hall–Kier alpha value is -3.30. The van der Waals surface area contributed by atoms with Gasteiger partial charge in [0.25, 0.3) is 0 Å². The lowest BCUT2D eigenvalue weighted by Gasteiger charge is -2.36. The molecule has 0 bridgehead atoms. The smallest absolute Gasteiger partial charge is 0.379 e. The van der Waals surface area contributed by atoms with E-state index in [1.165, 1.54) is 14.2 Å². The lowest BCUT2D eigenvalue weighted by atomic mass is 9.81. The maximum absolute atomic E-state index is 12.3. The zero-order valence-electron chi connectivity index (χ0n) is 15.0. The number of esters is 1. The summed E-state index contributed by atoms with van der Waals surface area (Å²) in [6.07, 6.45) is -0.167. The van der Waals surface area contributed by atoms with E-state index < -0.39 is 17.7 Å². The van der Waals surface area contributed by atoms with Crippen LogP contribution in [0.15, 0.2) is 60.2 Å². The molecule has 27 heavy (non-hydrogen) atoms. The summed E-state index contributed by atoms with van der Waals surface area (Å²) in [6.45, 7) is 0. The highest BCUT2D eigenvalue weighted by atomic mass is 16.7. The van der Waals surface area contributed by atoms with Gasteiger partial charge in [0, 0.05) is 23.5 Å². The molecule has 2 aromatic rings. The highest BCUT2D eigenvalue weighted by Crippen LogP contribution is 2.46. The minimum absolute atomic E-state index is 0.146. The SMILES string of the molecule is COC(=O)C1(O)CC(c2ccccc2OC)C(C#N)=C(c2ccccc2)O1. The van der Waals surface area contributed by atoms with Crippen LogP contribution in [0.5, 0.6) is 5.75 Å². The maximum atomic E-state index is 12.3. The van der Waals surface area contributed by atoms with Crippen LogP contribution < -0.4 is 4.74 Å². The van der Waals surface area contributed by atoms with E-state index in [4.69, 9.17) is 14.2 Å². The van der Waals surface area contributed by atoms with E-state index >= 15 is 0 Å². The molecule has 1 heterocycles. The molecule has 0 spiro atoms. The Balaban J connectivity index is 2.23. The first kappa shape index (κ1) is 18.5. The van der Waals surface area contributed by atoms with Gasteiger partial charge in [0.2, 0.25) is 0 Å². The maximum Gasteiger partial charge on any atom is 0.379 e. The van der Waals surface area contributed by atoms with Crippen LogP contribution in [0.25, 0.3) is 5.76 Å². The first-order valence-electron chi connectivity index (χ1n) is 8.36. The normalized spacial score (nSPS) is 21.8. The number of rotatable bonds is 4. The van der Waals surface area contributed by atoms with Gasteiger partial charge in [-0.15, -0.1) is 0 Å². The summed E-state index contributed by atoms with van der Waals surface area (Å²) in [5.74, 6) is -3.05. The number of ether oxygens (including phenoxy) is 3. The van der Waals surface area contributed by atoms with Gasteiger partial charge < -0.3 is 19.3 Å². The number of methoxy groups -OCH3 is 2. The van der Waals surface area contributed by atoms with Crippen LogP contribution in [0.2, 0.25) is 0 Å². The van der Waals surface area contributed by atoms with Crippen LogP contribution in [0.1, 0.15) is 23.5 Å². The molecule has 0 aromatic heterocycles. The highest BCUT2D eigenvalue weighted by molar-refractivity contribution is 5.82. The van der Waals surface area contributed by atoms with Crippen molar-refractivity contribution in [3.63, 3.8) is 0 Å². The van der Waals surface area contributed by atoms with Gasteiger partial charge in [-0.2, -0.15) is 5.26 Å². The molecule has 6 nitrogen and oxygen atoms in total. The standard InChI is InChI=1S/C21H19NO5/c1-25-18-11-7-6-10-15(18)16-12-21(24,20(23)26-2)27-19(17(16)13-22)14-8-4-3-5-9-14/h3-11,16,24H,12H2,1-2H3. The average Bonchev–Trinajstić information content (AvgIpc) is 2.73. The molecule has 0 radical (unpaired) electrons. The van der Waals surface area contributed by atoms with Crippen LogP contribution in [0, 0.1) is 11.3 Å². The number of carbonyl (C=O) groups excluding carboxylic acids is 1. The zero-order chi connectivity index (χ0) is 19.4. The van der Waals surface area contributed by atoms with E-state index in [0.29, 0.717) is 22.4 Å². The quantitative estimate of drug-likeness (QED) is 0.838. The molecular weight excluding hydrogens is 346 g/mol. The summed E-state index contributed by atoms with van der Waals surface area (Å²) < 4.78 is 15.8. The van der Waals surface area contributed by atoms with E-state index in [9.17, 15) is 15.2 Å². The number of para-hydroxylation sites is 1. The fourth-order valence-electron chi connectivity index (χ4n) is 3.24. The molecule has 2 unspecified atom stereocenters. The fraction of sp³-hybridized carbons (Fsp3) is 0.238. The molecule has 138 valence electrons. The Morgan fingerprint density at radius 2 is 1.85 bits per heavy atom. The van der Waals surface area contributed by atoms with Crippen molar-refractivity contribution in [2.24, 2.45) is 0 Å². The van der Waals surface area contributed by atoms with Crippen molar-refractivity contribution in [2.45, 2.75) is 18.1 Å². The Morgan fingerprint density at radius 1 is 1.19 bits per heavy atom. The van der Waals surface area contributed by atoms with E-state index in [2.05, 4.69) is 6.07 Å². The van der Waals surface area contributed by atoms with Crippen LogP contribution in [-0.4, -0.2) is 31.1 Å². The summed E-state index contributed by atoms with van der Waals surface area (Å²) in [7, 11) is 2.70. The molecule has 0 fully saturated rings. The summed E-state index contributed by atoms with van der Waals surface area (Å²) in [5.41, 5.74) is 1.56. The number of aliphatic hydroxyl groups is 1. The van der Waals surface area contributed by atoms with Gasteiger partial charge in [0.1, 0.15) is 11.5 Å². The molecule has 3 rings (SSSR count). The number of benzene rings is 2. The lowest BCUT2D eigenvalue weighted by molar-refractivity contribution is -0.210. The van der Waals surface area contributed by atoms with Crippen molar-refractivity contribution in [1.29, 1.82) is 5.26 Å². The van der Waals surface area contributed by atoms with Gasteiger partial charge in [-0.05, 0) is 6.07 Å². The number of nitriles is 1. The Morgan fingerprint density at radius 3 is 2.48 bits per heavy atom. The molecular formula is C21H19NO5. The van der Waals surface area contributed by atoms with Gasteiger partial charge in [-0.25, -0.2) is 4.79 Å². The number of carbonyl (C=O) groups is 1. The summed E-state index contributed by atoms with van der Waals surface area (Å²) in [6, 6.07) is 18.2. The number of nitrogens with zero attached hydrogens (tertiary/aromatic N) is 1. The molecule has 0 saturated heterocycles. The minimum Gasteiger partial charge on any atom is -0.496 e. The molecule has 2 aromatic carbocycles. The molecule has 0 amide bonds. The minimum atomic E-state index is -2.22. The van der Waals surface area contributed by atoms with Crippen LogP contribution in [0.3, 0.4) is 0 Å². The van der Waals surface area contributed by atoms with Crippen molar-refractivity contribution in [3.05, 3.63) is 71.3 Å². The molecule has 6 heteroatoms. The lowest BCUT2D eigenvalue weighted by Crippen LogP contribution is -2.46. The van der Waals surface area contributed by atoms with Gasteiger partial charge >= 0.3 is 11.8 Å². The predicted molar refractivity (Wildman–Crippen MR) is 97.4 cm³/mol. The van der Waals surface area contributed by atoms with Gasteiger partial charge in [-0.1, -0.05) is 48.5 Å². The third-order valence-electron chi connectivity index (χ3n) is 4.52. The Labute approximate surface area is 157 Å². The summed E-state index contributed by atoms with van der Waals surface area (Å²) in [4.78, 5) is 12.3. The van der Waals surface area contributed by atoms with Gasteiger partial charge in [0.05, 0.1) is 25.9 Å². The Bertz CT molecular complexity index is 916. The highest BCUT2D eigenvalue weighted by Gasteiger charge is 2.49. The van der Waals surface area contributed by atoms with Crippen molar-refractivity contribution in [3.8, 4) is 11.8 Å². The number of allylic oxidation sites excluding steroid dienone is 1. The van der Waals surface area contributed by atoms with Crippen LogP contribution in [0.4, 0.5) is 0 Å². The summed E-state index contributed by atoms with van der Waals surface area (Å²) >= 11 is 0. The first-order chi connectivity index (χ1) is 13.0. The molecule has 1 aliphatic heterocycles. The van der Waals surface area contributed by atoms with E-state index in [1.54, 1.807) is 36.4 Å². The van der Waals surface area contributed by atoms with Gasteiger partial charge in [0.15, 0.2) is 0 Å². The number of hydrogen-bond donors (Lipinski definition) is 1. The third kappa shape index (κ3) is 3.37. The molecule has 1 N–H and O–H groups in total. The Kier molecular flexibility index (Phi) is 5.15. The molecule has 2 atom stereocenters. The second-order valence-electron chi connectivity index (χ2n) is 6.10. The monoisotopic (exact) mass is 365 g/mol.